The average Bonchev–Trinajstić information content (AvgIpc) is 2.69. The van der Waals surface area contributed by atoms with Crippen molar-refractivity contribution in [3.05, 3.63) is 40.8 Å². The summed E-state index contributed by atoms with van der Waals surface area (Å²) in [5.74, 6) is 0.764. The summed E-state index contributed by atoms with van der Waals surface area (Å²) >= 11 is 1.28. The highest BCUT2D eigenvalue weighted by molar-refractivity contribution is 7.99. The second-order valence-electron chi connectivity index (χ2n) is 3.71. The van der Waals surface area contributed by atoms with Gasteiger partial charge >= 0.3 is 0 Å². The molecular weight excluding hydrogens is 248 g/mol. The van der Waals surface area contributed by atoms with Gasteiger partial charge in [-0.05, 0) is 37.7 Å². The molecule has 0 atom stereocenters. The fourth-order valence-electron chi connectivity index (χ4n) is 1.38. The van der Waals surface area contributed by atoms with Gasteiger partial charge in [-0.15, -0.1) is 0 Å². The van der Waals surface area contributed by atoms with Crippen LogP contribution in [-0.4, -0.2) is 11.3 Å². The number of aryl methyl sites for hydroxylation is 2. The lowest BCUT2D eigenvalue weighted by molar-refractivity contribution is 0.112. The van der Waals surface area contributed by atoms with Crippen molar-refractivity contribution < 1.29 is 9.21 Å². The third kappa shape index (κ3) is 2.44. The van der Waals surface area contributed by atoms with Crippen LogP contribution in [0.5, 0.6) is 0 Å². The molecule has 90 valence electrons. The summed E-state index contributed by atoms with van der Waals surface area (Å²) in [6, 6.07) is 7.01. The molecule has 5 heteroatoms. The van der Waals surface area contributed by atoms with Gasteiger partial charge < -0.3 is 4.42 Å². The zero-order valence-corrected chi connectivity index (χ0v) is 10.7. The third-order valence-corrected chi connectivity index (χ3v) is 3.39. The minimum absolute atomic E-state index is 0.443. The van der Waals surface area contributed by atoms with E-state index >= 15 is 0 Å². The van der Waals surface area contributed by atoms with Crippen LogP contribution in [0, 0.1) is 25.2 Å². The first kappa shape index (κ1) is 12.4. The Bertz CT molecular complexity index is 621. The first-order valence-corrected chi connectivity index (χ1v) is 6.07. The minimum Gasteiger partial charge on any atom is -0.436 e. The number of nitrogens with zero attached hydrogens (tertiary/aromatic N) is 2. The van der Waals surface area contributed by atoms with Crippen molar-refractivity contribution in [2.24, 2.45) is 0 Å². The number of hydrogen-bond acceptors (Lipinski definition) is 5. The largest absolute Gasteiger partial charge is 0.436 e. The highest BCUT2D eigenvalue weighted by Crippen LogP contribution is 2.31. The molecule has 2 aromatic rings. The zero-order chi connectivity index (χ0) is 13.1. The van der Waals surface area contributed by atoms with E-state index in [0.29, 0.717) is 22.6 Å². The fraction of sp³-hybridized carbons (Fsp3) is 0.154. The summed E-state index contributed by atoms with van der Waals surface area (Å²) < 4.78 is 5.45. The molecule has 1 aromatic carbocycles. The predicted octanol–water partition coefficient (Wildman–Crippen LogP) is 3.13. The van der Waals surface area contributed by atoms with E-state index in [1.54, 1.807) is 18.2 Å². The molecule has 0 N–H and O–H groups in total. The van der Waals surface area contributed by atoms with E-state index in [-0.39, 0.29) is 0 Å². The number of carbonyl (C=O) groups excluding carboxylic acids is 1. The van der Waals surface area contributed by atoms with E-state index < -0.39 is 0 Å². The van der Waals surface area contributed by atoms with Gasteiger partial charge in [0, 0.05) is 10.5 Å². The van der Waals surface area contributed by atoms with Crippen LogP contribution in [-0.2, 0) is 0 Å². The standard InChI is InChI=1S/C13H10N2O2S/c1-8-9(2)17-13(15-8)18-12-4-3-10(7-16)5-11(12)6-14/h3-5,7H,1-2H3. The molecule has 0 saturated heterocycles. The summed E-state index contributed by atoms with van der Waals surface area (Å²) in [7, 11) is 0. The predicted molar refractivity (Wildman–Crippen MR) is 66.6 cm³/mol. The molecular formula is C13H10N2O2S. The first-order valence-electron chi connectivity index (χ1n) is 5.25. The first-order chi connectivity index (χ1) is 8.63. The van der Waals surface area contributed by atoms with Gasteiger partial charge in [0.2, 0.25) is 0 Å². The number of aldehydes is 1. The number of benzene rings is 1. The Hall–Kier alpha value is -2.06. The van der Waals surface area contributed by atoms with E-state index in [9.17, 15) is 4.79 Å². The molecule has 1 heterocycles. The van der Waals surface area contributed by atoms with Gasteiger partial charge in [0.05, 0.1) is 11.3 Å². The van der Waals surface area contributed by atoms with Gasteiger partial charge in [-0.3, -0.25) is 4.79 Å². The molecule has 0 spiro atoms. The van der Waals surface area contributed by atoms with Crippen molar-refractivity contribution >= 4 is 18.0 Å². The Morgan fingerprint density at radius 3 is 2.78 bits per heavy atom. The monoisotopic (exact) mass is 258 g/mol. The molecule has 18 heavy (non-hydrogen) atoms. The van der Waals surface area contributed by atoms with E-state index in [0.717, 1.165) is 16.3 Å². The smallest absolute Gasteiger partial charge is 0.261 e. The second kappa shape index (κ2) is 5.07. The Balaban J connectivity index is 2.34. The van der Waals surface area contributed by atoms with E-state index in [2.05, 4.69) is 11.1 Å². The number of carbonyl (C=O) groups is 1. The maximum Gasteiger partial charge on any atom is 0.261 e. The second-order valence-corrected chi connectivity index (χ2v) is 4.70. The number of oxazole rings is 1. The summed E-state index contributed by atoms with van der Waals surface area (Å²) in [4.78, 5) is 15.6. The van der Waals surface area contributed by atoms with Crippen LogP contribution in [0.25, 0.3) is 0 Å². The van der Waals surface area contributed by atoms with Gasteiger partial charge in [-0.1, -0.05) is 6.07 Å². The minimum atomic E-state index is 0.443. The highest BCUT2D eigenvalue weighted by atomic mass is 32.2. The van der Waals surface area contributed by atoms with Crippen LogP contribution in [0.15, 0.2) is 32.7 Å². The van der Waals surface area contributed by atoms with Crippen LogP contribution in [0.4, 0.5) is 0 Å². The van der Waals surface area contributed by atoms with Crippen LogP contribution >= 0.6 is 11.8 Å². The summed E-state index contributed by atoms with van der Waals surface area (Å²) in [6.45, 7) is 3.71. The molecule has 1 aromatic heterocycles. The topological polar surface area (TPSA) is 66.9 Å². The van der Waals surface area contributed by atoms with Crippen molar-refractivity contribution in [3.63, 3.8) is 0 Å². The number of nitriles is 1. The molecule has 0 fully saturated rings. The van der Waals surface area contributed by atoms with Crippen molar-refractivity contribution in [3.8, 4) is 6.07 Å². The molecule has 2 rings (SSSR count). The number of hydrogen-bond donors (Lipinski definition) is 0. The van der Waals surface area contributed by atoms with E-state index in [1.807, 2.05) is 13.8 Å². The SMILES string of the molecule is Cc1nc(Sc2ccc(C=O)cc2C#N)oc1C. The quantitative estimate of drug-likeness (QED) is 0.791. The molecule has 0 aliphatic carbocycles. The van der Waals surface area contributed by atoms with Gasteiger partial charge in [-0.25, -0.2) is 4.98 Å². The van der Waals surface area contributed by atoms with Crippen molar-refractivity contribution in [1.82, 2.24) is 4.98 Å². The molecule has 0 amide bonds. The van der Waals surface area contributed by atoms with Crippen LogP contribution in [0.1, 0.15) is 27.4 Å². The number of aromatic nitrogens is 1. The van der Waals surface area contributed by atoms with Crippen molar-refractivity contribution in [1.29, 1.82) is 5.26 Å². The highest BCUT2D eigenvalue weighted by Gasteiger charge is 2.11. The summed E-state index contributed by atoms with van der Waals surface area (Å²) in [5, 5.41) is 9.55. The maximum absolute atomic E-state index is 10.6. The van der Waals surface area contributed by atoms with Gasteiger partial charge in [0.15, 0.2) is 0 Å². The molecule has 0 saturated carbocycles. The van der Waals surface area contributed by atoms with Crippen molar-refractivity contribution in [2.75, 3.05) is 0 Å². The molecule has 0 unspecified atom stereocenters. The summed E-state index contributed by atoms with van der Waals surface area (Å²) in [5.41, 5.74) is 1.76. The Morgan fingerprint density at radius 1 is 1.44 bits per heavy atom. The molecule has 0 aliphatic rings. The lowest BCUT2D eigenvalue weighted by Gasteiger charge is -2.00. The fourth-order valence-corrected chi connectivity index (χ4v) is 2.27. The van der Waals surface area contributed by atoms with E-state index in [4.69, 9.17) is 9.68 Å². The lowest BCUT2D eigenvalue weighted by Crippen LogP contribution is -1.86. The normalized spacial score (nSPS) is 10.1. The van der Waals surface area contributed by atoms with Crippen LogP contribution < -0.4 is 0 Å². The molecule has 0 bridgehead atoms. The molecule has 4 nitrogen and oxygen atoms in total. The van der Waals surface area contributed by atoms with E-state index in [1.165, 1.54) is 11.8 Å². The van der Waals surface area contributed by atoms with Crippen LogP contribution in [0.2, 0.25) is 0 Å². The Kier molecular flexibility index (Phi) is 3.49. The van der Waals surface area contributed by atoms with Gasteiger partial charge in [-0.2, -0.15) is 5.26 Å². The Morgan fingerprint density at radius 2 is 2.22 bits per heavy atom. The lowest BCUT2D eigenvalue weighted by atomic mass is 10.1. The van der Waals surface area contributed by atoms with Crippen molar-refractivity contribution in [2.45, 2.75) is 24.0 Å². The maximum atomic E-state index is 10.6. The van der Waals surface area contributed by atoms with Gasteiger partial charge in [0.25, 0.3) is 5.22 Å². The number of rotatable bonds is 3. The van der Waals surface area contributed by atoms with Gasteiger partial charge in [0.1, 0.15) is 18.1 Å². The molecule has 0 aliphatic heterocycles. The third-order valence-electron chi connectivity index (χ3n) is 2.47. The Labute approximate surface area is 109 Å². The molecule has 0 radical (unpaired) electrons. The van der Waals surface area contributed by atoms with Crippen LogP contribution in [0.3, 0.4) is 0 Å². The average molecular weight is 258 g/mol. The zero-order valence-electron chi connectivity index (χ0n) is 9.93. The summed E-state index contributed by atoms with van der Waals surface area (Å²) in [6.07, 6.45) is 0.717.